The van der Waals surface area contributed by atoms with Gasteiger partial charge in [-0.3, -0.25) is 14.6 Å². The Morgan fingerprint density at radius 3 is 2.12 bits per heavy atom. The molecule has 0 spiro atoms. The molecule has 160 valence electrons. The van der Waals surface area contributed by atoms with Crippen molar-refractivity contribution >= 4 is 29.4 Å². The van der Waals surface area contributed by atoms with Crippen LogP contribution in [0.2, 0.25) is 0 Å². The van der Waals surface area contributed by atoms with Crippen molar-refractivity contribution in [1.29, 1.82) is 0 Å². The number of amides is 2. The second kappa shape index (κ2) is 8.31. The normalized spacial score (nSPS) is 12.4. The number of carbonyl (C=O) groups is 4. The number of fused-ring (bicyclic) bond motifs is 1. The molecule has 2 heterocycles. The van der Waals surface area contributed by atoms with E-state index < -0.39 is 23.8 Å². The van der Waals surface area contributed by atoms with Gasteiger partial charge in [0.05, 0.1) is 36.6 Å². The zero-order valence-corrected chi connectivity index (χ0v) is 17.0. The molecule has 0 saturated carbocycles. The lowest BCUT2D eigenvalue weighted by molar-refractivity contribution is 0.0555. The monoisotopic (exact) mass is 432 g/mol. The second-order valence-electron chi connectivity index (χ2n) is 6.63. The zero-order chi connectivity index (χ0) is 22.8. The molecule has 0 unspecified atom stereocenters. The number of benzene rings is 2. The summed E-state index contributed by atoms with van der Waals surface area (Å²) in [7, 11) is 2.41. The Bertz CT molecular complexity index is 1220. The molecule has 1 aliphatic heterocycles. The first-order valence-electron chi connectivity index (χ1n) is 9.37. The highest BCUT2D eigenvalue weighted by Gasteiger charge is 2.37. The molecule has 4 rings (SSSR count). The summed E-state index contributed by atoms with van der Waals surface area (Å²) in [5, 5.41) is 0. The first-order valence-corrected chi connectivity index (χ1v) is 9.37. The van der Waals surface area contributed by atoms with E-state index in [1.807, 2.05) is 0 Å². The van der Waals surface area contributed by atoms with E-state index in [1.54, 1.807) is 36.4 Å². The van der Waals surface area contributed by atoms with E-state index in [0.29, 0.717) is 11.4 Å². The van der Waals surface area contributed by atoms with Crippen LogP contribution in [-0.4, -0.2) is 43.0 Å². The predicted molar refractivity (Wildman–Crippen MR) is 111 cm³/mol. The Morgan fingerprint density at radius 2 is 1.47 bits per heavy atom. The quantitative estimate of drug-likeness (QED) is 0.446. The molecule has 0 atom stereocenters. The van der Waals surface area contributed by atoms with Gasteiger partial charge < -0.3 is 14.2 Å². The lowest BCUT2D eigenvalue weighted by atomic mass is 10.1. The lowest BCUT2D eigenvalue weighted by Gasteiger charge is -2.14. The molecule has 32 heavy (non-hydrogen) atoms. The Kier molecular flexibility index (Phi) is 5.38. The van der Waals surface area contributed by atoms with Crippen LogP contribution in [0.5, 0.6) is 11.5 Å². The number of imide groups is 1. The maximum Gasteiger partial charge on any atom is 0.338 e. The molecule has 2 amide bonds. The van der Waals surface area contributed by atoms with E-state index in [-0.39, 0.29) is 28.1 Å². The van der Waals surface area contributed by atoms with Gasteiger partial charge in [-0.15, -0.1) is 0 Å². The van der Waals surface area contributed by atoms with Gasteiger partial charge in [0.2, 0.25) is 0 Å². The van der Waals surface area contributed by atoms with Crippen molar-refractivity contribution in [2.24, 2.45) is 0 Å². The topological polar surface area (TPSA) is 112 Å². The molecular weight excluding hydrogens is 416 g/mol. The number of aromatic nitrogens is 1. The highest BCUT2D eigenvalue weighted by molar-refractivity contribution is 6.33. The van der Waals surface area contributed by atoms with Gasteiger partial charge in [-0.25, -0.2) is 14.5 Å². The minimum absolute atomic E-state index is 0.00741. The first-order chi connectivity index (χ1) is 15.4. The summed E-state index contributed by atoms with van der Waals surface area (Å²) in [5.74, 6) is -1.70. The van der Waals surface area contributed by atoms with Crippen molar-refractivity contribution < 1.29 is 33.4 Å². The third-order valence-corrected chi connectivity index (χ3v) is 4.78. The number of hydrogen-bond acceptors (Lipinski definition) is 8. The third-order valence-electron chi connectivity index (χ3n) is 4.78. The van der Waals surface area contributed by atoms with Gasteiger partial charge in [0.1, 0.15) is 17.2 Å². The van der Waals surface area contributed by atoms with Crippen LogP contribution in [0.1, 0.15) is 41.6 Å². The SMILES string of the molecule is COC(=O)c1ccc(Oc2ccc(N3C(=O)c4cccnc4C3=O)cc2)cc1C(=O)OC. The van der Waals surface area contributed by atoms with Gasteiger partial charge in [-0.05, 0) is 54.6 Å². The molecular formula is C23H16N2O7. The molecule has 3 aromatic rings. The molecule has 9 heteroatoms. The minimum atomic E-state index is -0.717. The summed E-state index contributed by atoms with van der Waals surface area (Å²) in [6.45, 7) is 0. The number of anilines is 1. The minimum Gasteiger partial charge on any atom is -0.465 e. The number of nitrogens with zero attached hydrogens (tertiary/aromatic N) is 2. The molecule has 0 aliphatic carbocycles. The first kappa shape index (κ1) is 20.7. The van der Waals surface area contributed by atoms with Crippen LogP contribution in [0, 0.1) is 0 Å². The van der Waals surface area contributed by atoms with E-state index in [1.165, 1.54) is 38.6 Å². The summed E-state index contributed by atoms with van der Waals surface area (Å²) >= 11 is 0. The Morgan fingerprint density at radius 1 is 0.812 bits per heavy atom. The van der Waals surface area contributed by atoms with E-state index in [2.05, 4.69) is 9.72 Å². The number of ether oxygens (including phenoxy) is 3. The van der Waals surface area contributed by atoms with Crippen molar-refractivity contribution in [2.75, 3.05) is 19.1 Å². The van der Waals surface area contributed by atoms with Crippen LogP contribution >= 0.6 is 0 Å². The van der Waals surface area contributed by atoms with Crippen molar-refractivity contribution in [3.05, 3.63) is 83.2 Å². The van der Waals surface area contributed by atoms with Crippen LogP contribution in [-0.2, 0) is 9.47 Å². The number of methoxy groups -OCH3 is 2. The number of pyridine rings is 1. The number of carbonyl (C=O) groups excluding carboxylic acids is 4. The molecule has 0 fully saturated rings. The highest BCUT2D eigenvalue weighted by atomic mass is 16.5. The van der Waals surface area contributed by atoms with Gasteiger partial charge in [0.25, 0.3) is 11.8 Å². The largest absolute Gasteiger partial charge is 0.465 e. The van der Waals surface area contributed by atoms with Crippen LogP contribution < -0.4 is 9.64 Å². The maximum absolute atomic E-state index is 12.6. The van der Waals surface area contributed by atoms with Crippen LogP contribution in [0.25, 0.3) is 0 Å². The molecule has 0 bridgehead atoms. The van der Waals surface area contributed by atoms with Gasteiger partial charge in [-0.2, -0.15) is 0 Å². The van der Waals surface area contributed by atoms with Crippen LogP contribution in [0.3, 0.4) is 0 Å². The number of esters is 2. The van der Waals surface area contributed by atoms with Gasteiger partial charge in [0.15, 0.2) is 0 Å². The molecule has 2 aromatic carbocycles. The highest BCUT2D eigenvalue weighted by Crippen LogP contribution is 2.30. The second-order valence-corrected chi connectivity index (χ2v) is 6.63. The summed E-state index contributed by atoms with van der Waals surface area (Å²) < 4.78 is 15.2. The number of rotatable bonds is 5. The standard InChI is InChI=1S/C23H16N2O7/c1-30-22(28)16-10-9-15(12-18(16)23(29)31-2)32-14-7-5-13(6-8-14)25-20(26)17-4-3-11-24-19(17)21(25)27/h3-12H,1-2H3. The van der Waals surface area contributed by atoms with E-state index >= 15 is 0 Å². The van der Waals surface area contributed by atoms with Gasteiger partial charge >= 0.3 is 11.9 Å². The van der Waals surface area contributed by atoms with Crippen LogP contribution in [0.4, 0.5) is 5.69 Å². The molecule has 0 saturated heterocycles. The Labute approximate surface area is 182 Å². The van der Waals surface area contributed by atoms with Crippen molar-refractivity contribution in [1.82, 2.24) is 4.98 Å². The lowest BCUT2D eigenvalue weighted by Crippen LogP contribution is -2.29. The van der Waals surface area contributed by atoms with Gasteiger partial charge in [-0.1, -0.05) is 0 Å². The zero-order valence-electron chi connectivity index (χ0n) is 17.0. The smallest absolute Gasteiger partial charge is 0.338 e. The third kappa shape index (κ3) is 3.56. The van der Waals surface area contributed by atoms with Crippen molar-refractivity contribution in [3.63, 3.8) is 0 Å². The fraction of sp³-hybridized carbons (Fsp3) is 0.0870. The maximum atomic E-state index is 12.6. The molecule has 0 radical (unpaired) electrons. The predicted octanol–water partition coefficient (Wildman–Crippen LogP) is 3.25. The fourth-order valence-corrected chi connectivity index (χ4v) is 3.25. The Hall–Kier alpha value is -4.53. The van der Waals surface area contributed by atoms with Gasteiger partial charge in [0, 0.05) is 6.20 Å². The summed E-state index contributed by atoms with van der Waals surface area (Å²) in [6.07, 6.45) is 1.46. The molecule has 0 N–H and O–H groups in total. The average Bonchev–Trinajstić information content (AvgIpc) is 3.08. The van der Waals surface area contributed by atoms with Crippen molar-refractivity contribution in [2.45, 2.75) is 0 Å². The molecule has 9 nitrogen and oxygen atoms in total. The van der Waals surface area contributed by atoms with Crippen LogP contribution in [0.15, 0.2) is 60.8 Å². The Balaban J connectivity index is 1.57. The van der Waals surface area contributed by atoms with E-state index in [0.717, 1.165) is 4.90 Å². The fourth-order valence-electron chi connectivity index (χ4n) is 3.25. The molecule has 1 aliphatic rings. The van der Waals surface area contributed by atoms with E-state index in [4.69, 9.17) is 9.47 Å². The number of hydrogen-bond donors (Lipinski definition) is 0. The van der Waals surface area contributed by atoms with Crippen molar-refractivity contribution in [3.8, 4) is 11.5 Å². The summed E-state index contributed by atoms with van der Waals surface area (Å²) in [5.41, 5.74) is 0.757. The van der Waals surface area contributed by atoms with E-state index in [9.17, 15) is 19.2 Å². The summed E-state index contributed by atoms with van der Waals surface area (Å²) in [4.78, 5) is 54.1. The average molecular weight is 432 g/mol. The molecule has 1 aromatic heterocycles. The summed E-state index contributed by atoms with van der Waals surface area (Å²) in [6, 6.07) is 13.7.